The molecule has 0 saturated heterocycles. The van der Waals surface area contributed by atoms with Crippen molar-refractivity contribution in [3.63, 3.8) is 0 Å². The third kappa shape index (κ3) is 3.53. The summed E-state index contributed by atoms with van der Waals surface area (Å²) in [4.78, 5) is 6.94. The Kier molecular flexibility index (Phi) is 5.47. The highest BCUT2D eigenvalue weighted by atomic mass is 35.5. The van der Waals surface area contributed by atoms with E-state index in [-0.39, 0.29) is 18.4 Å². The summed E-state index contributed by atoms with van der Waals surface area (Å²) in [6.45, 7) is 3.08. The molecule has 0 spiro atoms. The van der Waals surface area contributed by atoms with E-state index in [2.05, 4.69) is 40.2 Å². The highest BCUT2D eigenvalue weighted by Crippen LogP contribution is 2.36. The number of benzene rings is 2. The number of nitrogen functional groups attached to an aromatic ring is 1. The summed E-state index contributed by atoms with van der Waals surface area (Å²) in [6.07, 6.45) is 2.78. The zero-order valence-corrected chi connectivity index (χ0v) is 15.6. The van der Waals surface area contributed by atoms with Gasteiger partial charge in [0.25, 0.3) is 0 Å². The number of nitrogens with zero attached hydrogens (tertiary/aromatic N) is 3. The van der Waals surface area contributed by atoms with Crippen LogP contribution in [0.3, 0.4) is 0 Å². The molecule has 3 aromatic rings. The second-order valence-electron chi connectivity index (χ2n) is 6.53. The Balaban J connectivity index is 0.00000196. The third-order valence-corrected chi connectivity index (χ3v) is 4.84. The van der Waals surface area contributed by atoms with Gasteiger partial charge in [-0.05, 0) is 43.0 Å². The van der Waals surface area contributed by atoms with Crippen molar-refractivity contribution in [2.75, 3.05) is 17.2 Å². The maximum atomic E-state index is 6.15. The molecular formula is C20H23ClN4O. The Labute approximate surface area is 159 Å². The standard InChI is InChI=1S/C20H22N4O.ClH/c1-14(24-12-6-9-16-17(21)10-5-11-18(16)24)20-22-19(23-25-20)13-15-7-3-2-4-8-15;/h2-5,7-8,10-11,14H,6,9,12-13,21H2,1H3;1H. The molecule has 1 unspecified atom stereocenters. The van der Waals surface area contributed by atoms with E-state index in [0.29, 0.717) is 12.3 Å². The number of aromatic nitrogens is 2. The predicted molar refractivity (Wildman–Crippen MR) is 106 cm³/mol. The van der Waals surface area contributed by atoms with Crippen LogP contribution in [0.5, 0.6) is 0 Å². The van der Waals surface area contributed by atoms with E-state index >= 15 is 0 Å². The van der Waals surface area contributed by atoms with Crippen LogP contribution >= 0.6 is 12.4 Å². The zero-order chi connectivity index (χ0) is 17.2. The van der Waals surface area contributed by atoms with E-state index in [1.807, 2.05) is 30.3 Å². The minimum absolute atomic E-state index is 0. The third-order valence-electron chi connectivity index (χ3n) is 4.84. The van der Waals surface area contributed by atoms with Crippen molar-refractivity contribution in [2.45, 2.75) is 32.2 Å². The molecule has 2 heterocycles. The van der Waals surface area contributed by atoms with Crippen LogP contribution in [0.15, 0.2) is 53.1 Å². The average Bonchev–Trinajstić information content (AvgIpc) is 3.10. The molecule has 4 rings (SSSR count). The first-order chi connectivity index (χ1) is 12.2. The summed E-state index contributed by atoms with van der Waals surface area (Å²) in [5.41, 5.74) is 10.6. The molecule has 0 bridgehead atoms. The lowest BCUT2D eigenvalue weighted by atomic mass is 9.98. The molecule has 1 aromatic heterocycles. The highest BCUT2D eigenvalue weighted by molar-refractivity contribution is 5.85. The van der Waals surface area contributed by atoms with E-state index < -0.39 is 0 Å². The molecule has 6 heteroatoms. The van der Waals surface area contributed by atoms with Gasteiger partial charge in [-0.3, -0.25) is 0 Å². The molecule has 0 radical (unpaired) electrons. The molecule has 136 valence electrons. The Morgan fingerprint density at radius 2 is 1.96 bits per heavy atom. The van der Waals surface area contributed by atoms with Gasteiger partial charge < -0.3 is 15.2 Å². The molecule has 0 fully saturated rings. The van der Waals surface area contributed by atoms with E-state index in [0.717, 1.165) is 30.9 Å². The first-order valence-electron chi connectivity index (χ1n) is 8.73. The number of fused-ring (bicyclic) bond motifs is 1. The number of rotatable bonds is 4. The van der Waals surface area contributed by atoms with Gasteiger partial charge in [0, 0.05) is 24.3 Å². The van der Waals surface area contributed by atoms with Crippen LogP contribution in [-0.2, 0) is 12.8 Å². The Hall–Kier alpha value is -2.53. The summed E-state index contributed by atoms with van der Waals surface area (Å²) in [5, 5.41) is 4.16. The van der Waals surface area contributed by atoms with Crippen LogP contribution in [0.2, 0.25) is 0 Å². The van der Waals surface area contributed by atoms with Crippen molar-refractivity contribution in [3.05, 3.63) is 71.4 Å². The minimum Gasteiger partial charge on any atom is -0.398 e. The van der Waals surface area contributed by atoms with Crippen LogP contribution in [0.1, 0.15) is 42.2 Å². The highest BCUT2D eigenvalue weighted by Gasteiger charge is 2.27. The summed E-state index contributed by atoms with van der Waals surface area (Å²) in [6, 6.07) is 16.3. The van der Waals surface area contributed by atoms with E-state index in [4.69, 9.17) is 10.3 Å². The Morgan fingerprint density at radius 1 is 1.15 bits per heavy atom. The number of anilines is 2. The van der Waals surface area contributed by atoms with Gasteiger partial charge in [0.1, 0.15) is 6.04 Å². The molecule has 26 heavy (non-hydrogen) atoms. The Bertz CT molecular complexity index is 865. The summed E-state index contributed by atoms with van der Waals surface area (Å²) in [7, 11) is 0. The average molecular weight is 371 g/mol. The maximum absolute atomic E-state index is 6.15. The van der Waals surface area contributed by atoms with Crippen molar-refractivity contribution in [1.29, 1.82) is 0 Å². The van der Waals surface area contributed by atoms with Gasteiger partial charge >= 0.3 is 0 Å². The SMILES string of the molecule is CC(c1nc(Cc2ccccc2)no1)N1CCCc2c(N)cccc21.Cl. The lowest BCUT2D eigenvalue weighted by molar-refractivity contribution is 0.349. The lowest BCUT2D eigenvalue weighted by Crippen LogP contribution is -2.32. The van der Waals surface area contributed by atoms with Gasteiger partial charge in [-0.2, -0.15) is 4.98 Å². The molecular weight excluding hydrogens is 348 g/mol. The molecule has 2 aromatic carbocycles. The van der Waals surface area contributed by atoms with Crippen LogP contribution in [0.25, 0.3) is 0 Å². The largest absolute Gasteiger partial charge is 0.398 e. The van der Waals surface area contributed by atoms with Crippen molar-refractivity contribution in [1.82, 2.24) is 10.1 Å². The van der Waals surface area contributed by atoms with Gasteiger partial charge in [0.2, 0.25) is 5.89 Å². The molecule has 1 aliphatic heterocycles. The molecule has 5 nitrogen and oxygen atoms in total. The molecule has 0 saturated carbocycles. The monoisotopic (exact) mass is 370 g/mol. The fraction of sp³-hybridized carbons (Fsp3) is 0.300. The summed E-state index contributed by atoms with van der Waals surface area (Å²) < 4.78 is 5.56. The van der Waals surface area contributed by atoms with Gasteiger partial charge in [0.15, 0.2) is 5.82 Å². The summed E-state index contributed by atoms with van der Waals surface area (Å²) >= 11 is 0. The zero-order valence-electron chi connectivity index (χ0n) is 14.8. The van der Waals surface area contributed by atoms with E-state index in [9.17, 15) is 0 Å². The Morgan fingerprint density at radius 3 is 2.77 bits per heavy atom. The first kappa shape index (κ1) is 18.3. The van der Waals surface area contributed by atoms with Gasteiger partial charge in [0.05, 0.1) is 0 Å². The normalized spacial score (nSPS) is 14.4. The van der Waals surface area contributed by atoms with Crippen molar-refractivity contribution in [2.24, 2.45) is 0 Å². The number of hydrogen-bond acceptors (Lipinski definition) is 5. The van der Waals surface area contributed by atoms with Gasteiger partial charge in [-0.1, -0.05) is 41.6 Å². The van der Waals surface area contributed by atoms with Gasteiger partial charge in [-0.15, -0.1) is 12.4 Å². The number of hydrogen-bond donors (Lipinski definition) is 1. The fourth-order valence-electron chi connectivity index (χ4n) is 3.50. The van der Waals surface area contributed by atoms with Crippen LogP contribution in [0.4, 0.5) is 11.4 Å². The molecule has 0 amide bonds. The molecule has 1 atom stereocenters. The van der Waals surface area contributed by atoms with Crippen LogP contribution in [0, 0.1) is 0 Å². The predicted octanol–water partition coefficient (Wildman–Crippen LogP) is 4.18. The smallest absolute Gasteiger partial charge is 0.249 e. The van der Waals surface area contributed by atoms with Crippen LogP contribution < -0.4 is 10.6 Å². The minimum atomic E-state index is 0. The van der Waals surface area contributed by atoms with Gasteiger partial charge in [-0.25, -0.2) is 0 Å². The van der Waals surface area contributed by atoms with E-state index in [1.54, 1.807) is 0 Å². The fourth-order valence-corrected chi connectivity index (χ4v) is 3.50. The quantitative estimate of drug-likeness (QED) is 0.698. The van der Waals surface area contributed by atoms with Crippen LogP contribution in [-0.4, -0.2) is 16.7 Å². The summed E-state index contributed by atoms with van der Waals surface area (Å²) in [5.74, 6) is 1.37. The lowest BCUT2D eigenvalue weighted by Gasteiger charge is -2.35. The topological polar surface area (TPSA) is 68.2 Å². The molecule has 1 aliphatic rings. The second-order valence-corrected chi connectivity index (χ2v) is 6.53. The maximum Gasteiger partial charge on any atom is 0.249 e. The first-order valence-corrected chi connectivity index (χ1v) is 8.73. The second kappa shape index (κ2) is 7.79. The molecule has 2 N–H and O–H groups in total. The van der Waals surface area contributed by atoms with Crippen molar-refractivity contribution < 1.29 is 4.52 Å². The van der Waals surface area contributed by atoms with Crippen molar-refractivity contribution >= 4 is 23.8 Å². The molecule has 0 aliphatic carbocycles. The number of nitrogens with two attached hydrogens (primary N) is 1. The number of halogens is 1. The van der Waals surface area contributed by atoms with Crippen molar-refractivity contribution in [3.8, 4) is 0 Å². The van der Waals surface area contributed by atoms with E-state index in [1.165, 1.54) is 16.8 Å².